The molecular formula is C27H19F2N3O2. The van der Waals surface area contributed by atoms with E-state index >= 15 is 4.39 Å². The number of hydrogen-bond acceptors (Lipinski definition) is 3. The summed E-state index contributed by atoms with van der Waals surface area (Å²) < 4.78 is 30.9. The Labute approximate surface area is 193 Å². The first kappa shape index (κ1) is 21.4. The average Bonchev–Trinajstić information content (AvgIpc) is 3.20. The molecule has 5 nitrogen and oxygen atoms in total. The molecule has 5 rings (SSSR count). The smallest absolute Gasteiger partial charge is 0.258 e. The van der Waals surface area contributed by atoms with Crippen LogP contribution in [0, 0.1) is 23.0 Å². The van der Waals surface area contributed by atoms with Crippen LogP contribution < -0.4 is 5.56 Å². The zero-order valence-electron chi connectivity index (χ0n) is 18.1. The largest absolute Gasteiger partial charge is 0.507 e. The molecule has 2 N–H and O–H groups in total. The van der Waals surface area contributed by atoms with E-state index in [1.54, 1.807) is 37.4 Å². The Morgan fingerprint density at radius 2 is 1.76 bits per heavy atom. The van der Waals surface area contributed by atoms with E-state index < -0.39 is 23.1 Å². The number of hydrogen-bond donors (Lipinski definition) is 2. The molecular weight excluding hydrogens is 436 g/mol. The van der Waals surface area contributed by atoms with Crippen LogP contribution in [-0.2, 0) is 13.5 Å². The number of para-hydroxylation sites is 2. The van der Waals surface area contributed by atoms with Gasteiger partial charge in [0, 0.05) is 34.6 Å². The van der Waals surface area contributed by atoms with Crippen molar-refractivity contribution in [2.45, 2.75) is 12.3 Å². The molecule has 5 aromatic rings. The lowest BCUT2D eigenvalue weighted by Crippen LogP contribution is -2.26. The summed E-state index contributed by atoms with van der Waals surface area (Å²) in [5.74, 6) is -2.91. The lowest BCUT2D eigenvalue weighted by Gasteiger charge is -2.22. The quantitative estimate of drug-likeness (QED) is 0.388. The molecule has 2 heterocycles. The minimum atomic E-state index is -1.19. The van der Waals surface area contributed by atoms with E-state index in [1.807, 2.05) is 18.2 Å². The Balaban J connectivity index is 1.95. The molecule has 0 aliphatic rings. The van der Waals surface area contributed by atoms with Crippen LogP contribution in [0.3, 0.4) is 0 Å². The second-order valence-electron chi connectivity index (χ2n) is 8.14. The van der Waals surface area contributed by atoms with Crippen molar-refractivity contribution in [3.63, 3.8) is 0 Å². The number of nitrogens with zero attached hydrogens (tertiary/aromatic N) is 2. The highest BCUT2D eigenvalue weighted by Crippen LogP contribution is 2.41. The molecule has 0 aliphatic carbocycles. The molecule has 0 saturated heterocycles. The van der Waals surface area contributed by atoms with E-state index in [4.69, 9.17) is 0 Å². The van der Waals surface area contributed by atoms with Crippen LogP contribution >= 0.6 is 0 Å². The van der Waals surface area contributed by atoms with Crippen molar-refractivity contribution in [1.29, 1.82) is 5.26 Å². The number of rotatable bonds is 4. The second-order valence-corrected chi connectivity index (χ2v) is 8.14. The Kier molecular flexibility index (Phi) is 5.14. The predicted molar refractivity (Wildman–Crippen MR) is 126 cm³/mol. The Morgan fingerprint density at radius 1 is 1.06 bits per heavy atom. The number of fused-ring (bicyclic) bond motifs is 2. The first-order chi connectivity index (χ1) is 16.4. The second kappa shape index (κ2) is 8.16. The molecule has 1 unspecified atom stereocenters. The summed E-state index contributed by atoms with van der Waals surface area (Å²) >= 11 is 0. The molecule has 0 spiro atoms. The average molecular weight is 455 g/mol. The summed E-state index contributed by atoms with van der Waals surface area (Å²) in [4.78, 5) is 16.8. The molecule has 0 aliphatic heterocycles. The Morgan fingerprint density at radius 3 is 2.53 bits per heavy atom. The van der Waals surface area contributed by atoms with Crippen LogP contribution in [-0.4, -0.2) is 14.7 Å². The van der Waals surface area contributed by atoms with Gasteiger partial charge in [0.1, 0.15) is 17.4 Å². The summed E-state index contributed by atoms with van der Waals surface area (Å²) in [6.07, 6.45) is -0.0263. The third-order valence-electron chi connectivity index (χ3n) is 6.26. The molecule has 34 heavy (non-hydrogen) atoms. The fourth-order valence-electron chi connectivity index (χ4n) is 4.69. The van der Waals surface area contributed by atoms with Gasteiger partial charge in [-0.25, -0.2) is 8.78 Å². The number of aromatic amines is 1. The third kappa shape index (κ3) is 3.23. The number of aromatic hydroxyl groups is 1. The van der Waals surface area contributed by atoms with Gasteiger partial charge >= 0.3 is 0 Å². The molecule has 0 radical (unpaired) electrons. The summed E-state index contributed by atoms with van der Waals surface area (Å²) in [5.41, 5.74) is 1.33. The summed E-state index contributed by atoms with van der Waals surface area (Å²) in [7, 11) is 1.56. The van der Waals surface area contributed by atoms with Gasteiger partial charge in [-0.3, -0.25) is 4.79 Å². The van der Waals surface area contributed by atoms with Gasteiger partial charge in [0.2, 0.25) is 0 Å². The molecule has 1 atom stereocenters. The van der Waals surface area contributed by atoms with Crippen LogP contribution in [0.5, 0.6) is 5.75 Å². The van der Waals surface area contributed by atoms with Gasteiger partial charge in [0.25, 0.3) is 5.56 Å². The number of nitriles is 1. The van der Waals surface area contributed by atoms with E-state index in [2.05, 4.69) is 11.1 Å². The van der Waals surface area contributed by atoms with Gasteiger partial charge in [-0.1, -0.05) is 30.3 Å². The number of benzene rings is 3. The Hall–Kier alpha value is -4.44. The fourth-order valence-corrected chi connectivity index (χ4v) is 4.69. The molecule has 7 heteroatoms. The van der Waals surface area contributed by atoms with Crippen molar-refractivity contribution in [1.82, 2.24) is 9.55 Å². The van der Waals surface area contributed by atoms with E-state index in [-0.39, 0.29) is 23.3 Å². The highest BCUT2D eigenvalue weighted by molar-refractivity contribution is 5.88. The molecule has 2 aromatic heterocycles. The lowest BCUT2D eigenvalue weighted by atomic mass is 9.85. The topological polar surface area (TPSA) is 81.8 Å². The highest BCUT2D eigenvalue weighted by Gasteiger charge is 2.32. The first-order valence-corrected chi connectivity index (χ1v) is 10.6. The molecule has 0 saturated carbocycles. The third-order valence-corrected chi connectivity index (χ3v) is 6.26. The molecule has 168 valence electrons. The van der Waals surface area contributed by atoms with Gasteiger partial charge in [-0.05, 0) is 42.0 Å². The summed E-state index contributed by atoms with van der Waals surface area (Å²) in [5, 5.41) is 22.0. The zero-order valence-corrected chi connectivity index (χ0v) is 18.1. The number of aryl methyl sites for hydroxylation is 1. The van der Waals surface area contributed by atoms with Crippen molar-refractivity contribution < 1.29 is 13.9 Å². The SMILES string of the molecule is Cn1c(=O)c(C(c2cc(F)ccc2F)c2[nH]c3ccccc3c2CC#N)c(O)c2ccccc21. The van der Waals surface area contributed by atoms with Crippen molar-refractivity contribution in [2.75, 3.05) is 0 Å². The maximum absolute atomic E-state index is 15.2. The monoisotopic (exact) mass is 455 g/mol. The van der Waals surface area contributed by atoms with Gasteiger partial charge in [-0.2, -0.15) is 5.26 Å². The maximum atomic E-state index is 15.2. The van der Waals surface area contributed by atoms with Crippen LogP contribution in [0.2, 0.25) is 0 Å². The van der Waals surface area contributed by atoms with E-state index in [1.165, 1.54) is 4.57 Å². The van der Waals surface area contributed by atoms with Crippen molar-refractivity contribution >= 4 is 21.8 Å². The fraction of sp³-hybridized carbons (Fsp3) is 0.111. The number of H-pyrrole nitrogens is 1. The minimum Gasteiger partial charge on any atom is -0.507 e. The molecule has 0 amide bonds. The normalized spacial score (nSPS) is 12.2. The maximum Gasteiger partial charge on any atom is 0.258 e. The first-order valence-electron chi connectivity index (χ1n) is 10.6. The predicted octanol–water partition coefficient (Wildman–Crippen LogP) is 5.25. The number of nitrogens with one attached hydrogen (secondary N) is 1. The lowest BCUT2D eigenvalue weighted by molar-refractivity contribution is 0.468. The van der Waals surface area contributed by atoms with Crippen LogP contribution in [0.1, 0.15) is 28.3 Å². The number of aromatic nitrogens is 2. The van der Waals surface area contributed by atoms with Crippen LogP contribution in [0.15, 0.2) is 71.5 Å². The molecule has 3 aromatic carbocycles. The van der Waals surface area contributed by atoms with E-state index in [9.17, 15) is 19.6 Å². The summed E-state index contributed by atoms with van der Waals surface area (Å²) in [6, 6.07) is 19.2. The number of pyridine rings is 1. The van der Waals surface area contributed by atoms with Gasteiger partial charge < -0.3 is 14.7 Å². The van der Waals surface area contributed by atoms with E-state index in [0.29, 0.717) is 27.7 Å². The summed E-state index contributed by atoms with van der Waals surface area (Å²) in [6.45, 7) is 0. The van der Waals surface area contributed by atoms with Gasteiger partial charge in [0.15, 0.2) is 0 Å². The molecule has 0 fully saturated rings. The number of halogens is 2. The van der Waals surface area contributed by atoms with Gasteiger partial charge in [-0.15, -0.1) is 0 Å². The van der Waals surface area contributed by atoms with Crippen molar-refractivity contribution in [2.24, 2.45) is 7.05 Å². The highest BCUT2D eigenvalue weighted by atomic mass is 19.1. The van der Waals surface area contributed by atoms with Gasteiger partial charge in [0.05, 0.1) is 29.5 Å². The van der Waals surface area contributed by atoms with E-state index in [0.717, 1.165) is 23.6 Å². The zero-order chi connectivity index (χ0) is 24.0. The standard InChI is InChI=1S/C27H19F2N3O2/c1-32-22-9-5-3-7-18(22)26(33)24(27(32)34)23(19-14-15(28)10-11-20(19)29)25-17(12-13-30)16-6-2-4-8-21(16)31-25/h2-11,14,23,31,33H,12H2,1H3. The minimum absolute atomic E-state index is 0.0263. The van der Waals surface area contributed by atoms with Crippen molar-refractivity contribution in [3.05, 3.63) is 111 Å². The molecule has 0 bridgehead atoms. The Bertz CT molecular complexity index is 1680. The van der Waals surface area contributed by atoms with Crippen LogP contribution in [0.25, 0.3) is 21.8 Å². The van der Waals surface area contributed by atoms with Crippen molar-refractivity contribution in [3.8, 4) is 11.8 Å². The van der Waals surface area contributed by atoms with Crippen LogP contribution in [0.4, 0.5) is 8.78 Å².